The highest BCUT2D eigenvalue weighted by Gasteiger charge is 2.21. The first kappa shape index (κ1) is 31.2. The summed E-state index contributed by atoms with van der Waals surface area (Å²) in [6.45, 7) is 8.61. The summed E-state index contributed by atoms with van der Waals surface area (Å²) in [4.78, 5) is 51.4. The Hall–Kier alpha value is -3.99. The van der Waals surface area contributed by atoms with Crippen LogP contribution >= 0.6 is 0 Å². The Labute approximate surface area is 231 Å². The van der Waals surface area contributed by atoms with Gasteiger partial charge in [-0.05, 0) is 65.9 Å². The molecule has 0 spiro atoms. The van der Waals surface area contributed by atoms with Gasteiger partial charge < -0.3 is 31.1 Å². The van der Waals surface area contributed by atoms with Crippen LogP contribution in [0.2, 0.25) is 0 Å². The average Bonchev–Trinajstić information content (AvgIpc) is 2.87. The van der Waals surface area contributed by atoms with Gasteiger partial charge in [0.2, 0.25) is 11.8 Å². The summed E-state index contributed by atoms with van der Waals surface area (Å²) in [5.41, 5.74) is 7.93. The van der Waals surface area contributed by atoms with Crippen molar-refractivity contribution < 1.29 is 14.4 Å². The minimum Gasteiger partial charge on any atom is -0.364 e. The molecule has 0 bridgehead atoms. The fourth-order valence-electron chi connectivity index (χ4n) is 3.62. The molecular weight excluding hydrogens is 496 g/mol. The van der Waals surface area contributed by atoms with E-state index in [2.05, 4.69) is 20.6 Å². The minimum atomic E-state index is -0.670. The van der Waals surface area contributed by atoms with Crippen LogP contribution in [-0.4, -0.2) is 90.9 Å². The van der Waals surface area contributed by atoms with E-state index in [1.807, 2.05) is 69.1 Å². The lowest BCUT2D eigenvalue weighted by Gasteiger charge is -2.25. The monoisotopic (exact) mass is 538 g/mol. The largest absolute Gasteiger partial charge is 0.364 e. The smallest absolute Gasteiger partial charge is 0.271 e. The van der Waals surface area contributed by atoms with Crippen molar-refractivity contribution in [3.63, 3.8) is 0 Å². The Morgan fingerprint density at radius 2 is 1.77 bits per heavy atom. The number of carbonyl (C=O) groups excluding carboxylic acids is 3. The van der Waals surface area contributed by atoms with Crippen LogP contribution < -0.4 is 21.3 Å². The van der Waals surface area contributed by atoms with Crippen molar-refractivity contribution in [2.75, 3.05) is 51.5 Å². The fourth-order valence-corrected chi connectivity index (χ4v) is 3.62. The van der Waals surface area contributed by atoms with Gasteiger partial charge in [-0.2, -0.15) is 0 Å². The van der Waals surface area contributed by atoms with Crippen molar-refractivity contribution in [1.82, 2.24) is 25.1 Å². The van der Waals surface area contributed by atoms with Crippen molar-refractivity contribution in [1.29, 1.82) is 0 Å². The lowest BCUT2D eigenvalue weighted by molar-refractivity contribution is -0.135. The normalized spacial score (nSPS) is 12.1. The predicted octanol–water partition coefficient (Wildman–Crippen LogP) is 2.10. The molecule has 0 saturated heterocycles. The maximum atomic E-state index is 12.6. The van der Waals surface area contributed by atoms with Crippen LogP contribution in [-0.2, 0) is 16.0 Å². The third-order valence-corrected chi connectivity index (χ3v) is 6.33. The van der Waals surface area contributed by atoms with E-state index in [4.69, 9.17) is 5.73 Å². The van der Waals surface area contributed by atoms with Gasteiger partial charge >= 0.3 is 0 Å². The summed E-state index contributed by atoms with van der Waals surface area (Å²) in [6, 6.07) is 7.16. The molecule has 1 aromatic heterocycles. The number of nitrogens with one attached hydrogen (secondary N) is 2. The van der Waals surface area contributed by atoms with Crippen molar-refractivity contribution in [3.05, 3.63) is 53.4 Å². The van der Waals surface area contributed by atoms with E-state index in [1.165, 1.54) is 11.0 Å². The van der Waals surface area contributed by atoms with Crippen molar-refractivity contribution >= 4 is 35.0 Å². The number of likely N-dealkylation sites (N-methyl/N-ethyl adjacent to an activating group) is 2. The summed E-state index contributed by atoms with van der Waals surface area (Å²) < 4.78 is 0. The number of anilines is 3. The van der Waals surface area contributed by atoms with Gasteiger partial charge in [-0.1, -0.05) is 18.2 Å². The van der Waals surface area contributed by atoms with E-state index >= 15 is 0 Å². The maximum absolute atomic E-state index is 12.6. The summed E-state index contributed by atoms with van der Waals surface area (Å²) in [6.07, 6.45) is 3.81. The molecule has 3 amide bonds. The molecule has 39 heavy (non-hydrogen) atoms. The van der Waals surface area contributed by atoms with Crippen molar-refractivity contribution in [2.24, 2.45) is 5.73 Å². The lowest BCUT2D eigenvalue weighted by atomic mass is 10.1. The number of amides is 3. The van der Waals surface area contributed by atoms with Crippen LogP contribution in [0.4, 0.5) is 17.3 Å². The molecule has 0 aliphatic rings. The first-order valence-electron chi connectivity index (χ1n) is 12.9. The van der Waals surface area contributed by atoms with Gasteiger partial charge in [-0.25, -0.2) is 9.97 Å². The molecule has 2 aromatic rings. The molecule has 0 aliphatic heterocycles. The Morgan fingerprint density at radius 1 is 1.08 bits per heavy atom. The number of hydrogen-bond acceptors (Lipinski definition) is 8. The quantitative estimate of drug-likeness (QED) is 0.330. The molecule has 212 valence electrons. The number of hydrogen-bond donors (Lipinski definition) is 3. The zero-order valence-electron chi connectivity index (χ0n) is 24.3. The first-order valence-corrected chi connectivity index (χ1v) is 12.9. The van der Waals surface area contributed by atoms with Crippen LogP contribution in [0.1, 0.15) is 42.5 Å². The summed E-state index contributed by atoms with van der Waals surface area (Å²) in [5, 5.41) is 6.08. The van der Waals surface area contributed by atoms with E-state index < -0.39 is 11.9 Å². The topological polar surface area (TPSA) is 137 Å². The molecule has 1 heterocycles. The van der Waals surface area contributed by atoms with Crippen LogP contribution in [0.15, 0.2) is 36.4 Å². The van der Waals surface area contributed by atoms with E-state index in [0.717, 1.165) is 5.56 Å². The van der Waals surface area contributed by atoms with E-state index in [1.54, 1.807) is 27.0 Å². The molecular formula is C28H42N8O3. The lowest BCUT2D eigenvalue weighted by Crippen LogP contribution is -2.45. The van der Waals surface area contributed by atoms with E-state index in [0.29, 0.717) is 36.7 Å². The number of nitrogens with zero attached hydrogens (tertiary/aromatic N) is 5. The maximum Gasteiger partial charge on any atom is 0.271 e. The zero-order valence-corrected chi connectivity index (χ0v) is 24.3. The van der Waals surface area contributed by atoms with E-state index in [9.17, 15) is 14.4 Å². The molecule has 0 saturated carbocycles. The van der Waals surface area contributed by atoms with E-state index in [-0.39, 0.29) is 29.4 Å². The second-order valence-corrected chi connectivity index (χ2v) is 10.1. The standard InChI is InChI=1S/C28H42N8O3/c1-18(2)35(7)27-19(3)31-24(25(29)38)26(33-27)32-22-12-9-11-21(17-22)14-15-30-28(39)20(4)36(8)23(37)13-10-16-34(5)6/h9-13,17-18,20H,14-16H2,1-8H3,(H2,29,38)(H,30,39)(H,32,33). The summed E-state index contributed by atoms with van der Waals surface area (Å²) in [5.74, 6) is -0.194. The SMILES string of the molecule is Cc1nc(C(N)=O)c(Nc2cccc(CCNC(=O)C(C)N(C)C(=O)C=CCN(C)C)c2)nc1N(C)C(C)C. The summed E-state index contributed by atoms with van der Waals surface area (Å²) in [7, 11) is 7.36. The number of primary amides is 1. The number of rotatable bonds is 13. The van der Waals surface area contributed by atoms with Crippen LogP contribution in [0.3, 0.4) is 0 Å². The highest BCUT2D eigenvalue weighted by Crippen LogP contribution is 2.25. The summed E-state index contributed by atoms with van der Waals surface area (Å²) >= 11 is 0. The Bertz CT molecular complexity index is 1200. The van der Waals surface area contributed by atoms with Gasteiger partial charge in [-0.15, -0.1) is 0 Å². The van der Waals surface area contributed by atoms with Crippen LogP contribution in [0.5, 0.6) is 0 Å². The van der Waals surface area contributed by atoms with Gasteiger partial charge in [0.05, 0.1) is 5.69 Å². The molecule has 4 N–H and O–H groups in total. The highest BCUT2D eigenvalue weighted by molar-refractivity contribution is 5.96. The molecule has 11 nitrogen and oxygen atoms in total. The second kappa shape index (κ2) is 14.2. The van der Waals surface area contributed by atoms with Gasteiger partial charge in [0.15, 0.2) is 17.3 Å². The molecule has 1 aromatic carbocycles. The average molecular weight is 539 g/mol. The van der Waals surface area contributed by atoms with Crippen molar-refractivity contribution in [2.45, 2.75) is 46.2 Å². The third-order valence-electron chi connectivity index (χ3n) is 6.33. The van der Waals surface area contributed by atoms with Crippen molar-refractivity contribution in [3.8, 4) is 0 Å². The molecule has 11 heteroatoms. The first-order chi connectivity index (χ1) is 18.3. The van der Waals surface area contributed by atoms with Crippen LogP contribution in [0.25, 0.3) is 0 Å². The number of carbonyl (C=O) groups is 3. The Morgan fingerprint density at radius 3 is 2.38 bits per heavy atom. The number of nitrogens with two attached hydrogens (primary N) is 1. The number of aromatic nitrogens is 2. The molecule has 0 radical (unpaired) electrons. The second-order valence-electron chi connectivity index (χ2n) is 10.1. The fraction of sp³-hybridized carbons (Fsp3) is 0.464. The molecule has 0 fully saturated rings. The van der Waals surface area contributed by atoms with Gasteiger partial charge in [-0.3, -0.25) is 14.4 Å². The minimum absolute atomic E-state index is 0.0651. The number of benzene rings is 1. The molecule has 0 aliphatic carbocycles. The molecule has 2 rings (SSSR count). The van der Waals surface area contributed by atoms with Gasteiger partial charge in [0.25, 0.3) is 5.91 Å². The molecule has 1 atom stereocenters. The zero-order chi connectivity index (χ0) is 29.3. The Kier molecular flexibility index (Phi) is 11.4. The third kappa shape index (κ3) is 9.06. The van der Waals surface area contributed by atoms with Gasteiger partial charge in [0.1, 0.15) is 6.04 Å². The van der Waals surface area contributed by atoms with Crippen LogP contribution in [0, 0.1) is 6.92 Å². The number of aryl methyl sites for hydroxylation is 1. The highest BCUT2D eigenvalue weighted by atomic mass is 16.2. The van der Waals surface area contributed by atoms with Gasteiger partial charge in [0, 0.05) is 45.0 Å². The Balaban J connectivity index is 2.06. The predicted molar refractivity (Wildman–Crippen MR) is 155 cm³/mol. The molecule has 1 unspecified atom stereocenters.